The third kappa shape index (κ3) is 6.02. The van der Waals surface area contributed by atoms with Gasteiger partial charge in [-0.05, 0) is 49.6 Å². The zero-order valence-corrected chi connectivity index (χ0v) is 16.0. The van der Waals surface area contributed by atoms with Crippen LogP contribution in [0.3, 0.4) is 0 Å². The quantitative estimate of drug-likeness (QED) is 0.699. The number of rotatable bonds is 8. The van der Waals surface area contributed by atoms with Gasteiger partial charge in [0.1, 0.15) is 11.5 Å². The second-order valence-electron chi connectivity index (χ2n) is 6.05. The number of para-hydroxylation sites is 1. The molecule has 2 amide bonds. The molecular weight excluding hydrogens is 344 g/mol. The average Bonchev–Trinajstić information content (AvgIpc) is 2.70. The van der Waals surface area contributed by atoms with E-state index in [1.165, 1.54) is 5.56 Å². The monoisotopic (exact) mass is 370 g/mol. The highest BCUT2D eigenvalue weighted by molar-refractivity contribution is 5.98. The molecule has 0 aliphatic carbocycles. The van der Waals surface area contributed by atoms with Gasteiger partial charge in [-0.1, -0.05) is 38.1 Å². The van der Waals surface area contributed by atoms with Crippen molar-refractivity contribution in [3.8, 4) is 11.5 Å². The lowest BCUT2D eigenvalue weighted by Gasteiger charge is -2.16. The van der Waals surface area contributed by atoms with Crippen LogP contribution in [0.15, 0.2) is 48.5 Å². The van der Waals surface area contributed by atoms with Crippen LogP contribution in [0, 0.1) is 0 Å². The van der Waals surface area contributed by atoms with Crippen molar-refractivity contribution in [2.75, 3.05) is 6.61 Å². The Kier molecular flexibility index (Phi) is 7.67. The average molecular weight is 370 g/mol. The summed E-state index contributed by atoms with van der Waals surface area (Å²) in [5, 5.41) is 0. The van der Waals surface area contributed by atoms with E-state index in [2.05, 4.69) is 17.8 Å². The topological polar surface area (TPSA) is 76.7 Å². The van der Waals surface area contributed by atoms with Crippen LogP contribution in [-0.2, 0) is 11.2 Å². The fourth-order valence-electron chi connectivity index (χ4n) is 2.34. The first-order chi connectivity index (χ1) is 13.0. The fourth-order valence-corrected chi connectivity index (χ4v) is 2.34. The summed E-state index contributed by atoms with van der Waals surface area (Å²) < 4.78 is 11.2. The first-order valence-electron chi connectivity index (χ1n) is 9.12. The van der Waals surface area contributed by atoms with E-state index in [1.54, 1.807) is 31.2 Å². The van der Waals surface area contributed by atoms with Crippen LogP contribution < -0.4 is 20.3 Å². The molecule has 0 radical (unpaired) electrons. The number of nitrogens with one attached hydrogen (secondary N) is 2. The van der Waals surface area contributed by atoms with Crippen LogP contribution in [0.2, 0.25) is 0 Å². The molecule has 0 heterocycles. The Morgan fingerprint density at radius 3 is 2.37 bits per heavy atom. The van der Waals surface area contributed by atoms with Gasteiger partial charge < -0.3 is 9.47 Å². The number of carbonyl (C=O) groups excluding carboxylic acids is 2. The number of amides is 2. The van der Waals surface area contributed by atoms with Crippen molar-refractivity contribution in [2.24, 2.45) is 0 Å². The van der Waals surface area contributed by atoms with E-state index in [1.807, 2.05) is 31.2 Å². The summed E-state index contributed by atoms with van der Waals surface area (Å²) >= 11 is 0. The lowest BCUT2D eigenvalue weighted by atomic mass is 10.2. The molecule has 0 fully saturated rings. The van der Waals surface area contributed by atoms with Crippen molar-refractivity contribution in [1.29, 1.82) is 0 Å². The normalized spacial score (nSPS) is 11.4. The maximum Gasteiger partial charge on any atom is 0.279 e. The van der Waals surface area contributed by atoms with Crippen molar-refractivity contribution in [3.05, 3.63) is 59.7 Å². The van der Waals surface area contributed by atoms with Gasteiger partial charge in [0, 0.05) is 0 Å². The molecule has 2 aromatic carbocycles. The maximum atomic E-state index is 12.3. The second-order valence-corrected chi connectivity index (χ2v) is 6.05. The number of carbonyl (C=O) groups is 2. The minimum Gasteiger partial charge on any atom is -0.493 e. The number of hydrogen-bond acceptors (Lipinski definition) is 4. The van der Waals surface area contributed by atoms with Gasteiger partial charge in [0.15, 0.2) is 6.10 Å². The van der Waals surface area contributed by atoms with Gasteiger partial charge >= 0.3 is 0 Å². The predicted molar refractivity (Wildman–Crippen MR) is 104 cm³/mol. The van der Waals surface area contributed by atoms with Gasteiger partial charge in [-0.25, -0.2) is 0 Å². The summed E-state index contributed by atoms with van der Waals surface area (Å²) in [6.45, 7) is 6.19. The maximum absolute atomic E-state index is 12.3. The van der Waals surface area contributed by atoms with Gasteiger partial charge in [-0.2, -0.15) is 0 Å². The highest BCUT2D eigenvalue weighted by Gasteiger charge is 2.17. The third-order valence-electron chi connectivity index (χ3n) is 3.91. The van der Waals surface area contributed by atoms with Gasteiger partial charge in [0.2, 0.25) is 0 Å². The molecule has 144 valence electrons. The molecule has 6 heteroatoms. The van der Waals surface area contributed by atoms with Crippen molar-refractivity contribution >= 4 is 11.8 Å². The molecule has 0 saturated carbocycles. The van der Waals surface area contributed by atoms with E-state index in [4.69, 9.17) is 9.47 Å². The van der Waals surface area contributed by atoms with Gasteiger partial charge in [0.05, 0.1) is 12.2 Å². The summed E-state index contributed by atoms with van der Waals surface area (Å²) in [5.41, 5.74) is 6.34. The fraction of sp³-hybridized carbons (Fsp3) is 0.333. The Bertz CT molecular complexity index is 759. The molecule has 2 aromatic rings. The minimum absolute atomic E-state index is 0.356. The summed E-state index contributed by atoms with van der Waals surface area (Å²) in [7, 11) is 0. The number of benzene rings is 2. The lowest BCUT2D eigenvalue weighted by molar-refractivity contribution is -0.128. The van der Waals surface area contributed by atoms with E-state index in [-0.39, 0.29) is 0 Å². The SMILES string of the molecule is CCCOc1ccccc1C(=O)NNC(=O)C(C)Oc1ccc(CC)cc1. The largest absolute Gasteiger partial charge is 0.493 e. The zero-order chi connectivity index (χ0) is 19.6. The van der Waals surface area contributed by atoms with Crippen LogP contribution in [0.4, 0.5) is 0 Å². The van der Waals surface area contributed by atoms with E-state index in [0.717, 1.165) is 12.8 Å². The second kappa shape index (κ2) is 10.2. The smallest absolute Gasteiger partial charge is 0.279 e. The molecular formula is C21H26N2O4. The zero-order valence-electron chi connectivity index (χ0n) is 16.0. The summed E-state index contributed by atoms with van der Waals surface area (Å²) in [6.07, 6.45) is 1.01. The Hall–Kier alpha value is -3.02. The Morgan fingerprint density at radius 1 is 1.00 bits per heavy atom. The van der Waals surface area contributed by atoms with Gasteiger partial charge in [0.25, 0.3) is 11.8 Å². The van der Waals surface area contributed by atoms with Gasteiger partial charge in [-0.3, -0.25) is 20.4 Å². The van der Waals surface area contributed by atoms with Crippen molar-refractivity contribution in [1.82, 2.24) is 10.9 Å². The number of hydrazine groups is 1. The number of aryl methyl sites for hydroxylation is 1. The van der Waals surface area contributed by atoms with Crippen LogP contribution in [0.1, 0.15) is 43.1 Å². The van der Waals surface area contributed by atoms with Crippen molar-refractivity contribution < 1.29 is 19.1 Å². The summed E-state index contributed by atoms with van der Waals surface area (Å²) in [6, 6.07) is 14.4. The Morgan fingerprint density at radius 2 is 1.70 bits per heavy atom. The molecule has 1 unspecified atom stereocenters. The lowest BCUT2D eigenvalue weighted by Crippen LogP contribution is -2.47. The minimum atomic E-state index is -0.760. The first-order valence-corrected chi connectivity index (χ1v) is 9.12. The highest BCUT2D eigenvalue weighted by Crippen LogP contribution is 2.18. The standard InChI is InChI=1S/C21H26N2O4/c1-4-14-26-19-9-7-6-8-18(19)21(25)23-22-20(24)15(3)27-17-12-10-16(5-2)11-13-17/h6-13,15H,4-5,14H2,1-3H3,(H,22,24)(H,23,25). The molecule has 0 saturated heterocycles. The van der Waals surface area contributed by atoms with E-state index < -0.39 is 17.9 Å². The molecule has 0 spiro atoms. The van der Waals surface area contributed by atoms with E-state index >= 15 is 0 Å². The molecule has 6 nitrogen and oxygen atoms in total. The van der Waals surface area contributed by atoms with Crippen molar-refractivity contribution in [2.45, 2.75) is 39.7 Å². The predicted octanol–water partition coefficient (Wildman–Crippen LogP) is 3.27. The number of ether oxygens (including phenoxy) is 2. The molecule has 27 heavy (non-hydrogen) atoms. The first kappa shape index (κ1) is 20.3. The van der Waals surface area contributed by atoms with Crippen LogP contribution >= 0.6 is 0 Å². The third-order valence-corrected chi connectivity index (χ3v) is 3.91. The van der Waals surface area contributed by atoms with Crippen LogP contribution in [0.25, 0.3) is 0 Å². The van der Waals surface area contributed by atoms with Crippen LogP contribution in [0.5, 0.6) is 11.5 Å². The Labute approximate surface area is 159 Å². The molecule has 0 bridgehead atoms. The number of hydrogen-bond donors (Lipinski definition) is 2. The molecule has 0 aromatic heterocycles. The molecule has 2 rings (SSSR count). The summed E-state index contributed by atoms with van der Waals surface area (Å²) in [5.74, 6) is 0.176. The molecule has 2 N–H and O–H groups in total. The highest BCUT2D eigenvalue weighted by atomic mass is 16.5. The van der Waals surface area contributed by atoms with Crippen molar-refractivity contribution in [3.63, 3.8) is 0 Å². The Balaban J connectivity index is 1.89. The molecule has 0 aliphatic rings. The summed E-state index contributed by atoms with van der Waals surface area (Å²) in [4.78, 5) is 24.5. The molecule has 0 aliphatic heterocycles. The molecule has 1 atom stereocenters. The van der Waals surface area contributed by atoms with Crippen LogP contribution in [-0.4, -0.2) is 24.5 Å². The van der Waals surface area contributed by atoms with E-state index in [9.17, 15) is 9.59 Å². The van der Waals surface area contributed by atoms with Gasteiger partial charge in [-0.15, -0.1) is 0 Å². The van der Waals surface area contributed by atoms with E-state index in [0.29, 0.717) is 23.7 Å².